The SMILES string of the molecule is C=CCCCOC(=O)[C@H]1[C@H]2C(=O)N(CCO)C(C(=O)N(CC=C)C(C)(C)C)C23CC[C@]1(C)S3. The molecule has 2 bridgehead atoms. The number of β-amino-alcohol motifs (C(OH)–C–C–N with tert-alkyl or cyclic N) is 1. The van der Waals surface area contributed by atoms with Gasteiger partial charge in [-0.3, -0.25) is 14.4 Å². The van der Waals surface area contributed by atoms with Crippen LogP contribution in [-0.4, -0.2) is 80.1 Å². The average Bonchev–Trinajstić information content (AvgIpc) is 3.29. The van der Waals surface area contributed by atoms with Crippen molar-refractivity contribution >= 4 is 29.5 Å². The Morgan fingerprint density at radius 3 is 2.58 bits per heavy atom. The van der Waals surface area contributed by atoms with Crippen LogP contribution in [0.3, 0.4) is 0 Å². The van der Waals surface area contributed by atoms with Crippen LogP contribution in [0.25, 0.3) is 0 Å². The Morgan fingerprint density at radius 2 is 2.00 bits per heavy atom. The zero-order valence-corrected chi connectivity index (χ0v) is 21.2. The number of hydrogen-bond donors (Lipinski definition) is 1. The molecule has 3 saturated heterocycles. The summed E-state index contributed by atoms with van der Waals surface area (Å²) in [5, 5.41) is 9.73. The number of esters is 1. The highest BCUT2D eigenvalue weighted by Crippen LogP contribution is 2.71. The number of aliphatic hydroxyl groups is 1. The number of carbonyl (C=O) groups excluding carboxylic acids is 3. The third-order valence-corrected chi connectivity index (χ3v) is 9.28. The second kappa shape index (κ2) is 9.45. The first-order valence-corrected chi connectivity index (χ1v) is 12.6. The number of aliphatic hydroxyl groups excluding tert-OH is 1. The van der Waals surface area contributed by atoms with E-state index in [4.69, 9.17) is 4.74 Å². The van der Waals surface area contributed by atoms with Crippen molar-refractivity contribution in [1.82, 2.24) is 9.80 Å². The van der Waals surface area contributed by atoms with Gasteiger partial charge in [-0.15, -0.1) is 24.9 Å². The second-order valence-corrected chi connectivity index (χ2v) is 12.4. The zero-order chi connectivity index (χ0) is 24.6. The number of ether oxygens (including phenoxy) is 1. The highest BCUT2D eigenvalue weighted by Gasteiger charge is 2.77. The molecule has 5 atom stereocenters. The number of nitrogens with zero attached hydrogens (tertiary/aromatic N) is 2. The molecule has 8 heteroatoms. The Bertz CT molecular complexity index is 824. The predicted octanol–water partition coefficient (Wildman–Crippen LogP) is 2.78. The summed E-state index contributed by atoms with van der Waals surface area (Å²) < 4.78 is 4.45. The number of allylic oxidation sites excluding steroid dienone is 1. The van der Waals surface area contributed by atoms with E-state index in [2.05, 4.69) is 13.2 Å². The van der Waals surface area contributed by atoms with Crippen molar-refractivity contribution in [2.75, 3.05) is 26.3 Å². The molecular weight excluding hydrogens is 440 g/mol. The molecular formula is C25H38N2O5S. The Balaban J connectivity index is 1.99. The second-order valence-electron chi connectivity index (χ2n) is 10.5. The van der Waals surface area contributed by atoms with Crippen LogP contribution in [0.1, 0.15) is 53.4 Å². The van der Waals surface area contributed by atoms with Crippen molar-refractivity contribution < 1.29 is 24.2 Å². The number of unbranched alkanes of at least 4 members (excludes halogenated alkanes) is 1. The molecule has 1 N–H and O–H groups in total. The van der Waals surface area contributed by atoms with E-state index in [-0.39, 0.29) is 37.5 Å². The molecule has 3 rings (SSSR count). The van der Waals surface area contributed by atoms with E-state index in [1.54, 1.807) is 28.8 Å². The van der Waals surface area contributed by atoms with Crippen LogP contribution in [0.4, 0.5) is 0 Å². The molecule has 184 valence electrons. The lowest BCUT2D eigenvalue weighted by Gasteiger charge is -2.42. The maximum atomic E-state index is 14.0. The number of rotatable bonds is 10. The van der Waals surface area contributed by atoms with Crippen molar-refractivity contribution in [3.05, 3.63) is 25.3 Å². The third-order valence-electron chi connectivity index (χ3n) is 7.29. The molecule has 33 heavy (non-hydrogen) atoms. The van der Waals surface area contributed by atoms with Gasteiger partial charge in [-0.2, -0.15) is 0 Å². The molecule has 3 fully saturated rings. The number of likely N-dealkylation sites (tertiary alicyclic amines) is 1. The topological polar surface area (TPSA) is 87.1 Å². The molecule has 0 aromatic rings. The van der Waals surface area contributed by atoms with Crippen molar-refractivity contribution in [2.24, 2.45) is 11.8 Å². The number of carbonyl (C=O) groups is 3. The summed E-state index contributed by atoms with van der Waals surface area (Å²) in [6.45, 7) is 15.9. The number of thioether (sulfide) groups is 1. The van der Waals surface area contributed by atoms with Crippen molar-refractivity contribution in [1.29, 1.82) is 0 Å². The molecule has 1 spiro atoms. The Morgan fingerprint density at radius 1 is 1.30 bits per heavy atom. The van der Waals surface area contributed by atoms with Gasteiger partial charge in [0.15, 0.2) is 0 Å². The quantitative estimate of drug-likeness (QED) is 0.295. The van der Waals surface area contributed by atoms with Gasteiger partial charge in [-0.05, 0) is 53.4 Å². The number of amides is 2. The molecule has 2 unspecified atom stereocenters. The highest BCUT2D eigenvalue weighted by molar-refractivity contribution is 8.02. The maximum absolute atomic E-state index is 14.0. The molecule has 0 aliphatic carbocycles. The van der Waals surface area contributed by atoms with Gasteiger partial charge in [-0.1, -0.05) is 12.2 Å². The maximum Gasteiger partial charge on any atom is 0.311 e. The van der Waals surface area contributed by atoms with Crippen LogP contribution in [0.5, 0.6) is 0 Å². The lowest BCUT2D eigenvalue weighted by atomic mass is 9.66. The van der Waals surface area contributed by atoms with Gasteiger partial charge in [0.2, 0.25) is 11.8 Å². The normalized spacial score (nSPS) is 32.6. The van der Waals surface area contributed by atoms with Gasteiger partial charge >= 0.3 is 5.97 Å². The van der Waals surface area contributed by atoms with Crippen LogP contribution in [0.15, 0.2) is 25.3 Å². The van der Waals surface area contributed by atoms with Gasteiger partial charge in [-0.25, -0.2) is 0 Å². The number of hydrogen-bond acceptors (Lipinski definition) is 6. The summed E-state index contributed by atoms with van der Waals surface area (Å²) in [5.41, 5.74) is -0.470. The Kier molecular flexibility index (Phi) is 7.39. The van der Waals surface area contributed by atoms with Crippen molar-refractivity contribution in [3.63, 3.8) is 0 Å². The van der Waals surface area contributed by atoms with Gasteiger partial charge in [0, 0.05) is 23.4 Å². The molecule has 0 radical (unpaired) electrons. The highest BCUT2D eigenvalue weighted by atomic mass is 32.2. The van der Waals surface area contributed by atoms with E-state index in [0.717, 1.165) is 12.8 Å². The van der Waals surface area contributed by atoms with E-state index in [0.29, 0.717) is 19.4 Å². The zero-order valence-electron chi connectivity index (χ0n) is 20.3. The van der Waals surface area contributed by atoms with E-state index >= 15 is 0 Å². The molecule has 7 nitrogen and oxygen atoms in total. The van der Waals surface area contributed by atoms with E-state index in [1.807, 2.05) is 27.7 Å². The summed E-state index contributed by atoms with van der Waals surface area (Å²) in [4.78, 5) is 44.3. The Labute approximate surface area is 201 Å². The molecule has 3 heterocycles. The largest absolute Gasteiger partial charge is 0.465 e. The standard InChI is InChI=1S/C25H38N2O5S/c1-7-9-10-16-32-22(31)18-17-20(29)26(14-15-28)19(25(17)12-11-24(18,6)33-25)21(30)27(13-8-2)23(3,4)5/h7-8,17-19,28H,1-2,9-16H2,3-6H3/t17-,18+,19?,24-,25?/m0/s1. The van der Waals surface area contributed by atoms with Gasteiger partial charge < -0.3 is 19.6 Å². The lowest BCUT2D eigenvalue weighted by molar-refractivity contribution is -0.155. The van der Waals surface area contributed by atoms with Gasteiger partial charge in [0.1, 0.15) is 6.04 Å². The van der Waals surface area contributed by atoms with Crippen LogP contribution >= 0.6 is 11.8 Å². The number of fused-ring (bicyclic) bond motifs is 1. The Hall–Kier alpha value is -1.80. The van der Waals surface area contributed by atoms with E-state index < -0.39 is 32.9 Å². The van der Waals surface area contributed by atoms with Gasteiger partial charge in [0.25, 0.3) is 0 Å². The molecule has 0 aromatic carbocycles. The summed E-state index contributed by atoms with van der Waals surface area (Å²) >= 11 is 1.61. The minimum Gasteiger partial charge on any atom is -0.465 e. The summed E-state index contributed by atoms with van der Waals surface area (Å²) in [6, 6.07) is -0.730. The first-order chi connectivity index (χ1) is 15.5. The average molecular weight is 479 g/mol. The van der Waals surface area contributed by atoms with Crippen molar-refractivity contribution in [2.45, 2.75) is 74.5 Å². The molecule has 3 aliphatic heterocycles. The smallest absolute Gasteiger partial charge is 0.311 e. The minimum atomic E-state index is -0.730. The predicted molar refractivity (Wildman–Crippen MR) is 130 cm³/mol. The molecule has 3 aliphatic rings. The fourth-order valence-electron chi connectivity index (χ4n) is 5.87. The van der Waals surface area contributed by atoms with Crippen LogP contribution < -0.4 is 0 Å². The first kappa shape index (κ1) is 25.8. The minimum absolute atomic E-state index is 0.0674. The van der Waals surface area contributed by atoms with E-state index in [1.165, 1.54) is 4.90 Å². The van der Waals surface area contributed by atoms with Crippen LogP contribution in [-0.2, 0) is 19.1 Å². The van der Waals surface area contributed by atoms with E-state index in [9.17, 15) is 19.5 Å². The summed E-state index contributed by atoms with van der Waals surface area (Å²) in [5.74, 6) is -1.96. The van der Waals surface area contributed by atoms with Crippen molar-refractivity contribution in [3.8, 4) is 0 Å². The first-order valence-electron chi connectivity index (χ1n) is 11.8. The fourth-order valence-corrected chi connectivity index (χ4v) is 8.21. The monoisotopic (exact) mass is 478 g/mol. The van der Waals surface area contributed by atoms with Crippen LogP contribution in [0.2, 0.25) is 0 Å². The molecule has 0 saturated carbocycles. The third kappa shape index (κ3) is 4.25. The fraction of sp³-hybridized carbons (Fsp3) is 0.720. The summed E-state index contributed by atoms with van der Waals surface area (Å²) in [7, 11) is 0. The lowest BCUT2D eigenvalue weighted by Crippen LogP contribution is -2.59. The molecule has 2 amide bonds. The van der Waals surface area contributed by atoms with Crippen LogP contribution in [0, 0.1) is 11.8 Å². The molecule has 0 aromatic heterocycles. The van der Waals surface area contributed by atoms with Gasteiger partial charge in [0.05, 0.1) is 29.8 Å². The summed E-state index contributed by atoms with van der Waals surface area (Å²) in [6.07, 6.45) is 6.33.